The van der Waals surface area contributed by atoms with Crippen molar-refractivity contribution in [3.63, 3.8) is 0 Å². The Bertz CT molecular complexity index is 471. The highest BCUT2D eigenvalue weighted by Gasteiger charge is 2.28. The molecule has 1 atom stereocenters. The van der Waals surface area contributed by atoms with Crippen molar-refractivity contribution in [2.24, 2.45) is 5.92 Å². The maximum Gasteiger partial charge on any atom is 0.00439 e. The molecule has 0 bridgehead atoms. The second-order valence-corrected chi connectivity index (χ2v) is 7.95. The highest BCUT2D eigenvalue weighted by Crippen LogP contribution is 2.41. The summed E-state index contributed by atoms with van der Waals surface area (Å²) in [5.74, 6) is 0.580. The average Bonchev–Trinajstić information content (AvgIpc) is 2.77. The van der Waals surface area contributed by atoms with Gasteiger partial charge >= 0.3 is 0 Å². The van der Waals surface area contributed by atoms with Crippen LogP contribution in [0, 0.1) is 26.7 Å². The summed E-state index contributed by atoms with van der Waals surface area (Å²) in [5, 5.41) is 1.87. The van der Waals surface area contributed by atoms with Gasteiger partial charge in [-0.1, -0.05) is 64.4 Å². The second kappa shape index (κ2) is 5.02. The summed E-state index contributed by atoms with van der Waals surface area (Å²) in [7, 11) is 0.857. The van der Waals surface area contributed by atoms with E-state index in [9.17, 15) is 0 Å². The molecule has 0 saturated carbocycles. The molecule has 18 heavy (non-hydrogen) atoms. The molecule has 0 nitrogen and oxygen atoms in total. The molecule has 0 spiro atoms. The zero-order chi connectivity index (χ0) is 13.3. The molecule has 0 fully saturated rings. The van der Waals surface area contributed by atoms with Gasteiger partial charge < -0.3 is 0 Å². The Hall–Kier alpha value is -0.870. The summed E-state index contributed by atoms with van der Waals surface area (Å²) in [4.78, 5) is 0. The lowest BCUT2D eigenvalue weighted by Crippen LogP contribution is -2.26. The lowest BCUT2D eigenvalue weighted by atomic mass is 9.97. The van der Waals surface area contributed by atoms with Crippen LogP contribution in [-0.2, 0) is 0 Å². The summed E-state index contributed by atoms with van der Waals surface area (Å²) in [6.45, 7) is 11.4. The Morgan fingerprint density at radius 2 is 1.44 bits per heavy atom. The molecule has 1 aromatic carbocycles. The van der Waals surface area contributed by atoms with Crippen molar-refractivity contribution in [1.82, 2.24) is 0 Å². The van der Waals surface area contributed by atoms with Crippen LogP contribution in [0.1, 0.15) is 30.5 Å². The molecular formula is C17H23P. The van der Waals surface area contributed by atoms with Crippen molar-refractivity contribution in [2.45, 2.75) is 39.8 Å². The van der Waals surface area contributed by atoms with Crippen LogP contribution in [0.2, 0.25) is 0 Å². The first-order valence-electron chi connectivity index (χ1n) is 6.61. The van der Waals surface area contributed by atoms with E-state index in [1.165, 1.54) is 16.7 Å². The standard InChI is InChI=1S/C17H23P/c1-12-10-13(2)16(14(3)11-12)18-17(4,5)15-8-6-7-9-15/h6-11,15,18H,1-5H3. The van der Waals surface area contributed by atoms with Gasteiger partial charge in [0.05, 0.1) is 0 Å². The molecule has 1 heteroatoms. The van der Waals surface area contributed by atoms with Crippen molar-refractivity contribution >= 4 is 13.9 Å². The van der Waals surface area contributed by atoms with Crippen LogP contribution in [0.4, 0.5) is 0 Å². The largest absolute Gasteiger partial charge is 0.0831 e. The third-order valence-corrected chi connectivity index (χ3v) is 5.72. The molecule has 0 aromatic heterocycles. The lowest BCUT2D eigenvalue weighted by molar-refractivity contribution is 0.607. The van der Waals surface area contributed by atoms with Crippen LogP contribution in [0.5, 0.6) is 0 Å². The second-order valence-electron chi connectivity index (χ2n) is 5.92. The summed E-state index contributed by atoms with van der Waals surface area (Å²) in [6.07, 6.45) is 9.00. The lowest BCUT2D eigenvalue weighted by Gasteiger charge is -2.31. The molecule has 1 aliphatic rings. The summed E-state index contributed by atoms with van der Waals surface area (Å²) < 4.78 is 0. The van der Waals surface area contributed by atoms with Gasteiger partial charge in [0.1, 0.15) is 0 Å². The van der Waals surface area contributed by atoms with E-state index in [4.69, 9.17) is 0 Å². The molecule has 0 amide bonds. The van der Waals surface area contributed by atoms with E-state index in [0.717, 1.165) is 8.58 Å². The fourth-order valence-electron chi connectivity index (χ4n) is 2.70. The highest BCUT2D eigenvalue weighted by atomic mass is 31.1. The molecular weight excluding hydrogens is 235 g/mol. The molecule has 0 aliphatic heterocycles. The molecule has 0 saturated heterocycles. The first-order chi connectivity index (χ1) is 8.40. The van der Waals surface area contributed by atoms with Crippen molar-refractivity contribution in [3.05, 3.63) is 53.1 Å². The molecule has 1 aromatic rings. The minimum atomic E-state index is 0.314. The molecule has 2 rings (SSSR count). The highest BCUT2D eigenvalue weighted by molar-refractivity contribution is 7.49. The average molecular weight is 258 g/mol. The molecule has 1 unspecified atom stereocenters. The smallest absolute Gasteiger partial charge is 0.00439 e. The van der Waals surface area contributed by atoms with Crippen LogP contribution >= 0.6 is 8.58 Å². The summed E-state index contributed by atoms with van der Waals surface area (Å²) in [6, 6.07) is 4.62. The van der Waals surface area contributed by atoms with Crippen LogP contribution in [-0.4, -0.2) is 5.16 Å². The molecule has 1 aliphatic carbocycles. The van der Waals surface area contributed by atoms with E-state index >= 15 is 0 Å². The van der Waals surface area contributed by atoms with Gasteiger partial charge in [-0.15, -0.1) is 0 Å². The summed E-state index contributed by atoms with van der Waals surface area (Å²) >= 11 is 0. The number of rotatable bonds is 3. The van der Waals surface area contributed by atoms with Crippen molar-refractivity contribution in [1.29, 1.82) is 0 Å². The third-order valence-electron chi connectivity index (χ3n) is 3.71. The Morgan fingerprint density at radius 1 is 0.944 bits per heavy atom. The van der Waals surface area contributed by atoms with E-state index < -0.39 is 0 Å². The number of hydrogen-bond acceptors (Lipinski definition) is 0. The summed E-state index contributed by atoms with van der Waals surface area (Å²) in [5.41, 5.74) is 4.27. The van der Waals surface area contributed by atoms with Gasteiger partial charge in [0.25, 0.3) is 0 Å². The van der Waals surface area contributed by atoms with Gasteiger partial charge in [-0.3, -0.25) is 0 Å². The predicted octanol–water partition coefficient (Wildman–Crippen LogP) is 4.44. The Balaban J connectivity index is 2.28. The zero-order valence-corrected chi connectivity index (χ0v) is 13.0. The van der Waals surface area contributed by atoms with Crippen molar-refractivity contribution < 1.29 is 0 Å². The van der Waals surface area contributed by atoms with Crippen LogP contribution < -0.4 is 5.30 Å². The normalized spacial score (nSPS) is 16.3. The van der Waals surface area contributed by atoms with E-state index in [1.807, 2.05) is 0 Å². The number of hydrogen-bond donors (Lipinski definition) is 0. The SMILES string of the molecule is Cc1cc(C)c(PC(C)(C)C2C=CC=C2)c(C)c1. The van der Waals surface area contributed by atoms with Gasteiger partial charge in [-0.2, -0.15) is 0 Å². The topological polar surface area (TPSA) is 0 Å². The molecule has 0 N–H and O–H groups in total. The van der Waals surface area contributed by atoms with Crippen LogP contribution in [0.3, 0.4) is 0 Å². The third kappa shape index (κ3) is 2.75. The van der Waals surface area contributed by atoms with Crippen LogP contribution in [0.15, 0.2) is 36.4 Å². The molecule has 0 radical (unpaired) electrons. The van der Waals surface area contributed by atoms with Crippen molar-refractivity contribution in [3.8, 4) is 0 Å². The van der Waals surface area contributed by atoms with Gasteiger partial charge in [0.2, 0.25) is 0 Å². The van der Waals surface area contributed by atoms with E-state index in [1.54, 1.807) is 5.30 Å². The van der Waals surface area contributed by atoms with Gasteiger partial charge in [-0.05, 0) is 42.4 Å². The van der Waals surface area contributed by atoms with E-state index in [-0.39, 0.29) is 0 Å². The number of benzene rings is 1. The quantitative estimate of drug-likeness (QED) is 0.703. The monoisotopic (exact) mass is 258 g/mol. The minimum absolute atomic E-state index is 0.314. The molecule has 0 heterocycles. The zero-order valence-electron chi connectivity index (χ0n) is 12.0. The Morgan fingerprint density at radius 3 is 1.94 bits per heavy atom. The first kappa shape index (κ1) is 13.6. The fourth-order valence-corrected chi connectivity index (χ4v) is 4.24. The van der Waals surface area contributed by atoms with E-state index in [2.05, 4.69) is 71.1 Å². The Labute approximate surface area is 113 Å². The van der Waals surface area contributed by atoms with Gasteiger partial charge in [-0.25, -0.2) is 0 Å². The molecule has 96 valence electrons. The maximum atomic E-state index is 2.38. The number of allylic oxidation sites excluding steroid dienone is 4. The van der Waals surface area contributed by atoms with Gasteiger partial charge in [0, 0.05) is 5.92 Å². The van der Waals surface area contributed by atoms with Crippen LogP contribution in [0.25, 0.3) is 0 Å². The van der Waals surface area contributed by atoms with E-state index in [0.29, 0.717) is 11.1 Å². The van der Waals surface area contributed by atoms with Crippen molar-refractivity contribution in [2.75, 3.05) is 0 Å². The Kier molecular flexibility index (Phi) is 3.78. The maximum absolute atomic E-state index is 2.38. The van der Waals surface area contributed by atoms with Gasteiger partial charge in [0.15, 0.2) is 0 Å². The minimum Gasteiger partial charge on any atom is -0.0831 e. The first-order valence-corrected chi connectivity index (χ1v) is 7.61. The fraction of sp³-hybridized carbons (Fsp3) is 0.412. The predicted molar refractivity (Wildman–Crippen MR) is 84.5 cm³/mol. The number of aryl methyl sites for hydroxylation is 3.